The number of ether oxygens (including phenoxy) is 2. The molecule has 1 amide bonds. The van der Waals surface area contributed by atoms with Gasteiger partial charge in [-0.3, -0.25) is 4.79 Å². The number of fused-ring (bicyclic) bond motifs is 1. The van der Waals surface area contributed by atoms with E-state index in [4.69, 9.17) is 9.47 Å². The van der Waals surface area contributed by atoms with Crippen molar-refractivity contribution in [3.8, 4) is 11.5 Å². The normalized spacial score (nSPS) is 12.1. The van der Waals surface area contributed by atoms with E-state index in [9.17, 15) is 4.79 Å². The number of amides is 1. The Hall–Kier alpha value is -3.61. The quantitative estimate of drug-likeness (QED) is 0.690. The van der Waals surface area contributed by atoms with Gasteiger partial charge in [-0.25, -0.2) is 9.97 Å². The molecule has 1 aromatic heterocycles. The maximum atomic E-state index is 12.5. The molecule has 7 nitrogen and oxygen atoms in total. The number of carbonyl (C=O) groups excluding carboxylic acids is 1. The van der Waals surface area contributed by atoms with Gasteiger partial charge in [0.25, 0.3) is 5.91 Å². The van der Waals surface area contributed by atoms with Gasteiger partial charge in [0.15, 0.2) is 11.5 Å². The van der Waals surface area contributed by atoms with E-state index >= 15 is 0 Å². The first-order valence-corrected chi connectivity index (χ1v) is 8.99. The van der Waals surface area contributed by atoms with Crippen LogP contribution in [-0.4, -0.2) is 22.7 Å². The molecule has 1 aliphatic heterocycles. The Morgan fingerprint density at radius 1 is 1.04 bits per heavy atom. The maximum Gasteiger partial charge on any atom is 0.275 e. The lowest BCUT2D eigenvalue weighted by atomic mass is 10.0. The summed E-state index contributed by atoms with van der Waals surface area (Å²) in [6, 6.07) is 13.3. The summed E-state index contributed by atoms with van der Waals surface area (Å²) < 4.78 is 10.7. The molecule has 0 unspecified atom stereocenters. The molecule has 0 aliphatic carbocycles. The van der Waals surface area contributed by atoms with Crippen molar-refractivity contribution in [1.29, 1.82) is 0 Å². The van der Waals surface area contributed by atoms with Crippen LogP contribution in [0.3, 0.4) is 0 Å². The Bertz CT molecular complexity index is 1000. The first-order valence-electron chi connectivity index (χ1n) is 8.99. The average Bonchev–Trinajstić information content (AvgIpc) is 3.16. The third kappa shape index (κ3) is 3.73. The summed E-state index contributed by atoms with van der Waals surface area (Å²) in [7, 11) is 0. The first kappa shape index (κ1) is 17.8. The second-order valence-electron chi connectivity index (χ2n) is 6.68. The zero-order valence-corrected chi connectivity index (χ0v) is 15.6. The smallest absolute Gasteiger partial charge is 0.275 e. The fraction of sp³-hybridized carbons (Fsp3) is 0.190. The highest BCUT2D eigenvalue weighted by Crippen LogP contribution is 2.34. The molecule has 2 heterocycles. The fourth-order valence-corrected chi connectivity index (χ4v) is 2.93. The third-order valence-corrected chi connectivity index (χ3v) is 4.36. The lowest BCUT2D eigenvalue weighted by Gasteiger charge is -2.13. The molecule has 0 bridgehead atoms. The van der Waals surface area contributed by atoms with Gasteiger partial charge in [0.1, 0.15) is 11.5 Å². The lowest BCUT2D eigenvalue weighted by Crippen LogP contribution is -2.15. The summed E-state index contributed by atoms with van der Waals surface area (Å²) >= 11 is 0. The van der Waals surface area contributed by atoms with Crippen LogP contribution in [0.1, 0.15) is 35.8 Å². The van der Waals surface area contributed by atoms with E-state index in [2.05, 4.69) is 34.4 Å². The number of nitrogens with zero attached hydrogens (tertiary/aromatic N) is 2. The number of carbonyl (C=O) groups is 1. The molecule has 2 N–H and O–H groups in total. The topological polar surface area (TPSA) is 85.4 Å². The minimum atomic E-state index is -0.296. The molecular weight excluding hydrogens is 356 g/mol. The van der Waals surface area contributed by atoms with E-state index in [1.807, 2.05) is 42.5 Å². The molecule has 4 rings (SSSR count). The highest BCUT2D eigenvalue weighted by atomic mass is 16.7. The van der Waals surface area contributed by atoms with Gasteiger partial charge in [-0.05, 0) is 29.7 Å². The second kappa shape index (κ2) is 7.56. The largest absolute Gasteiger partial charge is 0.454 e. The van der Waals surface area contributed by atoms with Gasteiger partial charge in [0.05, 0.1) is 12.4 Å². The lowest BCUT2D eigenvalue weighted by molar-refractivity contribution is 0.102. The number of para-hydroxylation sites is 1. The van der Waals surface area contributed by atoms with Crippen LogP contribution in [0.2, 0.25) is 0 Å². The van der Waals surface area contributed by atoms with Crippen molar-refractivity contribution in [1.82, 2.24) is 9.97 Å². The number of aromatic nitrogens is 2. The molecule has 1 aliphatic rings. The van der Waals surface area contributed by atoms with Crippen LogP contribution in [-0.2, 0) is 0 Å². The van der Waals surface area contributed by atoms with Crippen LogP contribution in [0.15, 0.2) is 54.9 Å². The molecule has 0 fully saturated rings. The van der Waals surface area contributed by atoms with Crippen molar-refractivity contribution in [2.75, 3.05) is 17.4 Å². The fourth-order valence-electron chi connectivity index (χ4n) is 2.93. The van der Waals surface area contributed by atoms with Crippen molar-refractivity contribution in [3.63, 3.8) is 0 Å². The predicted octanol–water partition coefficient (Wildman–Crippen LogP) is 4.32. The van der Waals surface area contributed by atoms with Gasteiger partial charge in [-0.1, -0.05) is 32.0 Å². The summed E-state index contributed by atoms with van der Waals surface area (Å²) in [4.78, 5) is 21.0. The molecule has 0 spiro atoms. The standard InChI is InChI=1S/C21H20N4O3/c1-13(2)15-5-3-4-6-16(15)25-21(26)17-10-23-20(11-22-17)24-14-7-8-18-19(9-14)28-12-27-18/h3-11,13H,12H2,1-2H3,(H,23,24)(H,25,26). The number of rotatable bonds is 5. The zero-order valence-electron chi connectivity index (χ0n) is 15.6. The molecule has 7 heteroatoms. The van der Waals surface area contributed by atoms with Crippen molar-refractivity contribution >= 4 is 23.1 Å². The summed E-state index contributed by atoms with van der Waals surface area (Å²) in [6.07, 6.45) is 2.97. The van der Waals surface area contributed by atoms with Gasteiger partial charge in [-0.15, -0.1) is 0 Å². The van der Waals surface area contributed by atoms with E-state index in [1.165, 1.54) is 12.4 Å². The molecule has 28 heavy (non-hydrogen) atoms. The van der Waals surface area contributed by atoms with Gasteiger partial charge in [-0.2, -0.15) is 0 Å². The SMILES string of the molecule is CC(C)c1ccccc1NC(=O)c1cnc(Nc2ccc3c(c2)OCO3)cn1. The van der Waals surface area contributed by atoms with Crippen LogP contribution in [0, 0.1) is 0 Å². The molecular formula is C21H20N4O3. The van der Waals surface area contributed by atoms with Crippen molar-refractivity contribution < 1.29 is 14.3 Å². The van der Waals surface area contributed by atoms with Crippen molar-refractivity contribution in [3.05, 3.63) is 66.1 Å². The van der Waals surface area contributed by atoms with Gasteiger partial charge in [0.2, 0.25) is 6.79 Å². The van der Waals surface area contributed by atoms with Crippen LogP contribution < -0.4 is 20.1 Å². The van der Waals surface area contributed by atoms with Crippen LogP contribution in [0.5, 0.6) is 11.5 Å². The van der Waals surface area contributed by atoms with E-state index < -0.39 is 0 Å². The molecule has 0 saturated heterocycles. The number of nitrogens with one attached hydrogen (secondary N) is 2. The van der Waals surface area contributed by atoms with E-state index in [0.29, 0.717) is 23.2 Å². The molecule has 0 atom stereocenters. The van der Waals surface area contributed by atoms with Gasteiger partial charge >= 0.3 is 0 Å². The molecule has 2 aromatic carbocycles. The Morgan fingerprint density at radius 2 is 1.86 bits per heavy atom. The molecule has 142 valence electrons. The average molecular weight is 376 g/mol. The summed E-state index contributed by atoms with van der Waals surface area (Å²) in [5.74, 6) is 1.92. The zero-order chi connectivity index (χ0) is 19.5. The Labute approximate surface area is 162 Å². The molecule has 0 saturated carbocycles. The third-order valence-electron chi connectivity index (χ3n) is 4.36. The van der Waals surface area contributed by atoms with Crippen LogP contribution in [0.25, 0.3) is 0 Å². The highest BCUT2D eigenvalue weighted by Gasteiger charge is 2.14. The minimum Gasteiger partial charge on any atom is -0.454 e. The van der Waals surface area contributed by atoms with E-state index in [0.717, 1.165) is 16.9 Å². The Morgan fingerprint density at radius 3 is 2.64 bits per heavy atom. The van der Waals surface area contributed by atoms with Crippen LogP contribution >= 0.6 is 0 Å². The van der Waals surface area contributed by atoms with Crippen molar-refractivity contribution in [2.45, 2.75) is 19.8 Å². The number of anilines is 3. The maximum absolute atomic E-state index is 12.5. The summed E-state index contributed by atoms with van der Waals surface area (Å²) in [5, 5.41) is 6.05. The van der Waals surface area contributed by atoms with E-state index in [1.54, 1.807) is 0 Å². The molecule has 3 aromatic rings. The van der Waals surface area contributed by atoms with Gasteiger partial charge < -0.3 is 20.1 Å². The number of hydrogen-bond donors (Lipinski definition) is 2. The Kier molecular flexibility index (Phi) is 4.80. The Balaban J connectivity index is 1.45. The predicted molar refractivity (Wildman–Crippen MR) is 106 cm³/mol. The molecule has 0 radical (unpaired) electrons. The summed E-state index contributed by atoms with van der Waals surface area (Å²) in [6.45, 7) is 4.39. The number of hydrogen-bond acceptors (Lipinski definition) is 6. The van der Waals surface area contributed by atoms with Crippen LogP contribution in [0.4, 0.5) is 17.2 Å². The second-order valence-corrected chi connectivity index (χ2v) is 6.68. The van der Waals surface area contributed by atoms with E-state index in [-0.39, 0.29) is 18.4 Å². The van der Waals surface area contributed by atoms with Crippen molar-refractivity contribution in [2.24, 2.45) is 0 Å². The number of benzene rings is 2. The monoisotopic (exact) mass is 376 g/mol. The first-order chi connectivity index (χ1) is 13.6. The van der Waals surface area contributed by atoms with Gasteiger partial charge in [0, 0.05) is 17.4 Å². The summed E-state index contributed by atoms with van der Waals surface area (Å²) in [5.41, 5.74) is 2.90. The minimum absolute atomic E-state index is 0.225. The highest BCUT2D eigenvalue weighted by molar-refractivity contribution is 6.03.